The molecule has 3 rings (SSSR count). The van der Waals surface area contributed by atoms with Crippen LogP contribution in [0, 0.1) is 12.7 Å². The molecule has 1 aliphatic carbocycles. The number of carbonyl (C=O) groups excluding carboxylic acids is 1. The van der Waals surface area contributed by atoms with Gasteiger partial charge in [-0.25, -0.2) is 4.39 Å². The van der Waals surface area contributed by atoms with Gasteiger partial charge in [-0.3, -0.25) is 4.79 Å². The van der Waals surface area contributed by atoms with Crippen LogP contribution in [0.25, 0.3) is 0 Å². The number of furan rings is 1. The lowest BCUT2D eigenvalue weighted by molar-refractivity contribution is 0.0717. The van der Waals surface area contributed by atoms with Crippen molar-refractivity contribution in [3.63, 3.8) is 0 Å². The van der Waals surface area contributed by atoms with Crippen molar-refractivity contribution in [1.29, 1.82) is 0 Å². The van der Waals surface area contributed by atoms with Crippen LogP contribution < -0.4 is 5.73 Å². The zero-order valence-corrected chi connectivity index (χ0v) is 11.8. The van der Waals surface area contributed by atoms with Gasteiger partial charge in [-0.15, -0.1) is 0 Å². The summed E-state index contributed by atoms with van der Waals surface area (Å²) < 4.78 is 18.8. The molecule has 1 aromatic carbocycles. The highest BCUT2D eigenvalue weighted by atomic mass is 19.1. The summed E-state index contributed by atoms with van der Waals surface area (Å²) in [6.07, 6.45) is 1.98. The van der Waals surface area contributed by atoms with Gasteiger partial charge in [-0.05, 0) is 50.1 Å². The van der Waals surface area contributed by atoms with Gasteiger partial charge >= 0.3 is 0 Å². The van der Waals surface area contributed by atoms with Gasteiger partial charge in [0.15, 0.2) is 0 Å². The average molecular weight is 288 g/mol. The van der Waals surface area contributed by atoms with Gasteiger partial charge in [0.05, 0.1) is 12.2 Å². The summed E-state index contributed by atoms with van der Waals surface area (Å²) in [5.41, 5.74) is 5.94. The molecule has 21 heavy (non-hydrogen) atoms. The van der Waals surface area contributed by atoms with Gasteiger partial charge < -0.3 is 15.1 Å². The van der Waals surface area contributed by atoms with E-state index in [9.17, 15) is 9.18 Å². The standard InChI is InChI=1S/C16H17FN2O2/c1-10-2-6-13(21-10)9-19(12-4-5-12)16(20)11-3-7-14(17)15(18)8-11/h2-3,6-8,12H,4-5,9,18H2,1H3. The van der Waals surface area contributed by atoms with E-state index in [1.54, 1.807) is 4.90 Å². The summed E-state index contributed by atoms with van der Waals surface area (Å²) in [7, 11) is 0. The minimum Gasteiger partial charge on any atom is -0.464 e. The van der Waals surface area contributed by atoms with E-state index in [4.69, 9.17) is 10.2 Å². The summed E-state index contributed by atoms with van der Waals surface area (Å²) in [6, 6.07) is 8.06. The maximum absolute atomic E-state index is 13.2. The Bertz CT molecular complexity index is 677. The summed E-state index contributed by atoms with van der Waals surface area (Å²) in [6.45, 7) is 2.29. The number of carbonyl (C=O) groups is 1. The van der Waals surface area contributed by atoms with Crippen molar-refractivity contribution in [3.05, 3.63) is 53.2 Å². The lowest BCUT2D eigenvalue weighted by Crippen LogP contribution is -2.32. The molecule has 0 aliphatic heterocycles. The molecule has 1 aliphatic rings. The monoisotopic (exact) mass is 288 g/mol. The molecule has 1 aromatic heterocycles. The Morgan fingerprint density at radius 2 is 2.14 bits per heavy atom. The van der Waals surface area contributed by atoms with E-state index >= 15 is 0 Å². The molecule has 0 unspecified atom stereocenters. The lowest BCUT2D eigenvalue weighted by atomic mass is 10.1. The average Bonchev–Trinajstić information content (AvgIpc) is 3.21. The fraction of sp³-hybridized carbons (Fsp3) is 0.312. The molecule has 0 saturated heterocycles. The van der Waals surface area contributed by atoms with Crippen molar-refractivity contribution in [2.45, 2.75) is 32.4 Å². The molecule has 2 N–H and O–H groups in total. The second-order valence-electron chi connectivity index (χ2n) is 5.41. The lowest BCUT2D eigenvalue weighted by Gasteiger charge is -2.21. The highest BCUT2D eigenvalue weighted by Gasteiger charge is 2.33. The van der Waals surface area contributed by atoms with E-state index in [1.165, 1.54) is 18.2 Å². The molecule has 2 aromatic rings. The minimum absolute atomic E-state index is 0.00885. The third-order valence-electron chi connectivity index (χ3n) is 3.61. The number of nitrogens with zero attached hydrogens (tertiary/aromatic N) is 1. The first-order chi connectivity index (χ1) is 10.0. The van der Waals surface area contributed by atoms with E-state index < -0.39 is 5.82 Å². The second kappa shape index (κ2) is 5.24. The van der Waals surface area contributed by atoms with Gasteiger partial charge in [0.1, 0.15) is 17.3 Å². The number of hydrogen-bond donors (Lipinski definition) is 1. The third kappa shape index (κ3) is 2.91. The summed E-state index contributed by atoms with van der Waals surface area (Å²) in [5, 5.41) is 0. The Morgan fingerprint density at radius 3 is 2.71 bits per heavy atom. The fourth-order valence-corrected chi connectivity index (χ4v) is 2.33. The number of anilines is 1. The van der Waals surface area contributed by atoms with Crippen LogP contribution in [-0.2, 0) is 6.54 Å². The Balaban J connectivity index is 1.83. The number of rotatable bonds is 4. The van der Waals surface area contributed by atoms with Crippen LogP contribution in [0.5, 0.6) is 0 Å². The number of benzene rings is 1. The zero-order chi connectivity index (χ0) is 15.0. The first-order valence-electron chi connectivity index (χ1n) is 6.96. The van der Waals surface area contributed by atoms with E-state index in [0.717, 1.165) is 24.4 Å². The van der Waals surface area contributed by atoms with Gasteiger partial charge in [0.2, 0.25) is 0 Å². The van der Waals surface area contributed by atoms with Crippen molar-refractivity contribution in [1.82, 2.24) is 4.90 Å². The first kappa shape index (κ1) is 13.7. The van der Waals surface area contributed by atoms with Crippen molar-refractivity contribution >= 4 is 11.6 Å². The first-order valence-corrected chi connectivity index (χ1v) is 6.96. The minimum atomic E-state index is -0.508. The molecule has 1 amide bonds. The molecule has 110 valence electrons. The predicted octanol–water partition coefficient (Wildman–Crippen LogP) is 3.11. The number of hydrogen-bond acceptors (Lipinski definition) is 3. The normalized spacial score (nSPS) is 14.2. The number of nitrogens with two attached hydrogens (primary N) is 1. The number of nitrogen functional groups attached to an aromatic ring is 1. The zero-order valence-electron chi connectivity index (χ0n) is 11.8. The number of amides is 1. The smallest absolute Gasteiger partial charge is 0.254 e. The molecule has 1 saturated carbocycles. The summed E-state index contributed by atoms with van der Waals surface area (Å²) in [5.74, 6) is 0.923. The van der Waals surface area contributed by atoms with Crippen LogP contribution in [0.3, 0.4) is 0 Å². The van der Waals surface area contributed by atoms with Crippen molar-refractivity contribution < 1.29 is 13.6 Å². The highest BCUT2D eigenvalue weighted by molar-refractivity contribution is 5.95. The molecule has 0 atom stereocenters. The van der Waals surface area contributed by atoms with E-state index in [1.807, 2.05) is 19.1 Å². The van der Waals surface area contributed by atoms with E-state index in [0.29, 0.717) is 12.1 Å². The Labute approximate surface area is 122 Å². The maximum atomic E-state index is 13.2. The summed E-state index contributed by atoms with van der Waals surface area (Å²) in [4.78, 5) is 14.4. The second-order valence-corrected chi connectivity index (χ2v) is 5.41. The van der Waals surface area contributed by atoms with Crippen molar-refractivity contribution in [3.8, 4) is 0 Å². The van der Waals surface area contributed by atoms with Crippen molar-refractivity contribution in [2.75, 3.05) is 5.73 Å². The van der Waals surface area contributed by atoms with Gasteiger partial charge in [-0.1, -0.05) is 0 Å². The number of aryl methyl sites for hydroxylation is 1. The molecular weight excluding hydrogens is 271 g/mol. The fourth-order valence-electron chi connectivity index (χ4n) is 2.33. The molecule has 0 spiro atoms. The molecule has 0 bridgehead atoms. The van der Waals surface area contributed by atoms with Crippen LogP contribution in [-0.4, -0.2) is 16.8 Å². The largest absolute Gasteiger partial charge is 0.464 e. The van der Waals surface area contributed by atoms with E-state index in [-0.39, 0.29) is 17.6 Å². The predicted molar refractivity (Wildman–Crippen MR) is 77.2 cm³/mol. The molecule has 0 radical (unpaired) electrons. The van der Waals surface area contributed by atoms with Gasteiger partial charge in [0.25, 0.3) is 5.91 Å². The molecule has 4 nitrogen and oxygen atoms in total. The van der Waals surface area contributed by atoms with Gasteiger partial charge in [-0.2, -0.15) is 0 Å². The van der Waals surface area contributed by atoms with E-state index in [2.05, 4.69) is 0 Å². The van der Waals surface area contributed by atoms with Gasteiger partial charge in [0, 0.05) is 11.6 Å². The number of halogens is 1. The molecule has 1 fully saturated rings. The quantitative estimate of drug-likeness (QED) is 0.879. The van der Waals surface area contributed by atoms with Crippen LogP contribution in [0.15, 0.2) is 34.7 Å². The van der Waals surface area contributed by atoms with Crippen LogP contribution >= 0.6 is 0 Å². The third-order valence-corrected chi connectivity index (χ3v) is 3.61. The van der Waals surface area contributed by atoms with Crippen LogP contribution in [0.4, 0.5) is 10.1 Å². The molecule has 5 heteroatoms. The molecular formula is C16H17FN2O2. The molecule has 1 heterocycles. The Kier molecular flexibility index (Phi) is 3.41. The Morgan fingerprint density at radius 1 is 1.38 bits per heavy atom. The summed E-state index contributed by atoms with van der Waals surface area (Å²) >= 11 is 0. The maximum Gasteiger partial charge on any atom is 0.254 e. The Hall–Kier alpha value is -2.30. The highest BCUT2D eigenvalue weighted by Crippen LogP contribution is 2.30. The van der Waals surface area contributed by atoms with Crippen LogP contribution in [0.2, 0.25) is 0 Å². The van der Waals surface area contributed by atoms with Crippen molar-refractivity contribution in [2.24, 2.45) is 0 Å². The van der Waals surface area contributed by atoms with Crippen LogP contribution in [0.1, 0.15) is 34.7 Å². The SMILES string of the molecule is Cc1ccc(CN(C(=O)c2ccc(F)c(N)c2)C2CC2)o1. The topological polar surface area (TPSA) is 59.5 Å².